The zero-order valence-electron chi connectivity index (χ0n) is 15.4. The molecule has 0 aliphatic heterocycles. The van der Waals surface area contributed by atoms with E-state index < -0.39 is 17.9 Å². The Morgan fingerprint density at radius 2 is 2.08 bits per heavy atom. The average Bonchev–Trinajstić information content (AvgIpc) is 3.06. The second-order valence-electron chi connectivity index (χ2n) is 6.96. The third-order valence-corrected chi connectivity index (χ3v) is 3.67. The molecule has 8 nitrogen and oxygen atoms in total. The Kier molecular flexibility index (Phi) is 6.10. The number of nitrogens with zero attached hydrogens (tertiary/aromatic N) is 3. The maximum Gasteiger partial charge on any atom is 0.326 e. The van der Waals surface area contributed by atoms with E-state index in [9.17, 15) is 14.7 Å². The predicted octanol–water partition coefficient (Wildman–Crippen LogP) is 1.96. The topological polar surface area (TPSA) is 106 Å². The van der Waals surface area contributed by atoms with Crippen LogP contribution in [-0.2, 0) is 9.53 Å². The molecule has 26 heavy (non-hydrogen) atoms. The summed E-state index contributed by atoms with van der Waals surface area (Å²) in [6.45, 7) is 7.76. The smallest absolute Gasteiger partial charge is 0.326 e. The van der Waals surface area contributed by atoms with Gasteiger partial charge < -0.3 is 15.2 Å². The van der Waals surface area contributed by atoms with E-state index in [1.165, 1.54) is 6.33 Å². The number of carboxylic acids is 1. The van der Waals surface area contributed by atoms with Gasteiger partial charge in [-0.3, -0.25) is 4.79 Å². The van der Waals surface area contributed by atoms with E-state index in [1.807, 2.05) is 27.7 Å². The van der Waals surface area contributed by atoms with Crippen molar-refractivity contribution in [2.45, 2.75) is 45.8 Å². The van der Waals surface area contributed by atoms with Crippen molar-refractivity contribution >= 4 is 11.9 Å². The van der Waals surface area contributed by atoms with Gasteiger partial charge in [-0.2, -0.15) is 5.10 Å². The lowest BCUT2D eigenvalue weighted by molar-refractivity contribution is -0.140. The number of carboxylic acid groups (broad SMARTS) is 1. The largest absolute Gasteiger partial charge is 0.480 e. The summed E-state index contributed by atoms with van der Waals surface area (Å²) in [5.41, 5.74) is 1.65. The zero-order chi connectivity index (χ0) is 19.3. The van der Waals surface area contributed by atoms with Crippen LogP contribution >= 0.6 is 0 Å². The number of amides is 1. The summed E-state index contributed by atoms with van der Waals surface area (Å²) >= 11 is 0. The molecule has 0 bridgehead atoms. The van der Waals surface area contributed by atoms with Gasteiger partial charge in [0.2, 0.25) is 0 Å². The second kappa shape index (κ2) is 8.09. The Morgan fingerprint density at radius 1 is 1.35 bits per heavy atom. The van der Waals surface area contributed by atoms with Gasteiger partial charge in [-0.1, -0.05) is 0 Å². The molecule has 0 aliphatic rings. The van der Waals surface area contributed by atoms with E-state index in [0.717, 1.165) is 11.3 Å². The fraction of sp³-hybridized carbons (Fsp3) is 0.444. The highest BCUT2D eigenvalue weighted by Gasteiger charge is 2.22. The molecule has 1 heterocycles. The minimum atomic E-state index is -1.09. The average molecular weight is 360 g/mol. The SMILES string of the molecule is Cc1cc(C(=O)NC(CCOC(C)(C)C)C(=O)O)ccc1-n1cncn1. The van der Waals surface area contributed by atoms with Crippen molar-refractivity contribution in [3.8, 4) is 5.69 Å². The van der Waals surface area contributed by atoms with E-state index in [2.05, 4.69) is 15.4 Å². The van der Waals surface area contributed by atoms with E-state index in [4.69, 9.17) is 4.74 Å². The number of aromatic nitrogens is 3. The standard InChI is InChI=1S/C18H24N4O4/c1-12-9-13(5-6-15(12)22-11-19-10-20-22)16(23)21-14(17(24)25)7-8-26-18(2,3)4/h5-6,9-11,14H,7-8H2,1-4H3,(H,21,23)(H,24,25). The van der Waals surface area contributed by atoms with Crippen molar-refractivity contribution in [3.05, 3.63) is 42.0 Å². The lowest BCUT2D eigenvalue weighted by Gasteiger charge is -2.21. The van der Waals surface area contributed by atoms with Gasteiger partial charge in [-0.25, -0.2) is 14.5 Å². The Bertz CT molecular complexity index is 766. The molecular weight excluding hydrogens is 336 g/mol. The van der Waals surface area contributed by atoms with Gasteiger partial charge in [-0.15, -0.1) is 0 Å². The first-order valence-electron chi connectivity index (χ1n) is 8.30. The van der Waals surface area contributed by atoms with Gasteiger partial charge in [0.15, 0.2) is 0 Å². The minimum absolute atomic E-state index is 0.189. The van der Waals surface area contributed by atoms with Gasteiger partial charge in [0.25, 0.3) is 5.91 Å². The molecule has 140 valence electrons. The van der Waals surface area contributed by atoms with E-state index in [1.54, 1.807) is 29.2 Å². The molecule has 1 aromatic heterocycles. The quantitative estimate of drug-likeness (QED) is 0.782. The summed E-state index contributed by atoms with van der Waals surface area (Å²) in [6.07, 6.45) is 3.18. The fourth-order valence-electron chi connectivity index (χ4n) is 2.37. The van der Waals surface area contributed by atoms with Crippen LogP contribution in [0.1, 0.15) is 43.1 Å². The molecule has 0 fully saturated rings. The van der Waals surface area contributed by atoms with Gasteiger partial charge in [0.05, 0.1) is 11.3 Å². The van der Waals surface area contributed by atoms with Crippen molar-refractivity contribution in [2.75, 3.05) is 6.61 Å². The summed E-state index contributed by atoms with van der Waals surface area (Å²) in [6, 6.07) is 4.05. The highest BCUT2D eigenvalue weighted by molar-refractivity contribution is 5.97. The summed E-state index contributed by atoms with van der Waals surface area (Å²) in [5, 5.41) is 15.9. The van der Waals surface area contributed by atoms with Crippen LogP contribution in [0.15, 0.2) is 30.9 Å². The maximum atomic E-state index is 12.4. The molecular formula is C18H24N4O4. The second-order valence-corrected chi connectivity index (χ2v) is 6.96. The van der Waals surface area contributed by atoms with Crippen LogP contribution < -0.4 is 5.32 Å². The number of aryl methyl sites for hydroxylation is 1. The minimum Gasteiger partial charge on any atom is -0.480 e. The number of hydrogen-bond acceptors (Lipinski definition) is 5. The summed E-state index contributed by atoms with van der Waals surface area (Å²) < 4.78 is 7.14. The zero-order valence-corrected chi connectivity index (χ0v) is 15.4. The molecule has 0 radical (unpaired) electrons. The molecule has 1 aromatic carbocycles. The van der Waals surface area contributed by atoms with Crippen LogP contribution in [0.3, 0.4) is 0 Å². The first-order chi connectivity index (χ1) is 12.2. The van der Waals surface area contributed by atoms with Crippen molar-refractivity contribution in [3.63, 3.8) is 0 Å². The Hall–Kier alpha value is -2.74. The first kappa shape index (κ1) is 19.6. The monoisotopic (exact) mass is 360 g/mol. The van der Waals surface area contributed by atoms with Gasteiger partial charge in [0, 0.05) is 18.6 Å². The molecule has 1 unspecified atom stereocenters. The molecule has 0 saturated carbocycles. The van der Waals surface area contributed by atoms with E-state index >= 15 is 0 Å². The third kappa shape index (κ3) is 5.38. The van der Waals surface area contributed by atoms with Crippen LogP contribution in [-0.4, -0.2) is 50.0 Å². The summed E-state index contributed by atoms with van der Waals surface area (Å²) in [7, 11) is 0. The number of rotatable bonds is 7. The highest BCUT2D eigenvalue weighted by atomic mass is 16.5. The van der Waals surface area contributed by atoms with Crippen molar-refractivity contribution in [1.29, 1.82) is 0 Å². The molecule has 2 N–H and O–H groups in total. The van der Waals surface area contributed by atoms with Crippen LogP contribution in [0.25, 0.3) is 5.69 Å². The van der Waals surface area contributed by atoms with E-state index in [-0.39, 0.29) is 18.6 Å². The normalized spacial score (nSPS) is 12.6. The van der Waals surface area contributed by atoms with Gasteiger partial charge in [-0.05, 0) is 51.5 Å². The Labute approximate surface area is 152 Å². The number of carbonyl (C=O) groups excluding carboxylic acids is 1. The molecule has 0 aliphatic carbocycles. The van der Waals surface area contributed by atoms with Gasteiger partial charge in [0.1, 0.15) is 18.7 Å². The number of ether oxygens (including phenoxy) is 1. The van der Waals surface area contributed by atoms with Crippen molar-refractivity contribution in [2.24, 2.45) is 0 Å². The van der Waals surface area contributed by atoms with Gasteiger partial charge >= 0.3 is 5.97 Å². The molecule has 8 heteroatoms. The van der Waals surface area contributed by atoms with Crippen LogP contribution in [0.2, 0.25) is 0 Å². The summed E-state index contributed by atoms with van der Waals surface area (Å²) in [5.74, 6) is -1.53. The molecule has 2 rings (SSSR count). The number of carbonyl (C=O) groups is 2. The van der Waals surface area contributed by atoms with Crippen LogP contribution in [0.5, 0.6) is 0 Å². The summed E-state index contributed by atoms with van der Waals surface area (Å²) in [4.78, 5) is 27.7. The number of hydrogen-bond donors (Lipinski definition) is 2. The number of nitrogens with one attached hydrogen (secondary N) is 1. The number of aliphatic carboxylic acids is 1. The number of benzene rings is 1. The Balaban J connectivity index is 2.05. The maximum absolute atomic E-state index is 12.4. The molecule has 2 aromatic rings. The van der Waals surface area contributed by atoms with Crippen LogP contribution in [0.4, 0.5) is 0 Å². The molecule has 0 spiro atoms. The van der Waals surface area contributed by atoms with Crippen molar-refractivity contribution < 1.29 is 19.4 Å². The van der Waals surface area contributed by atoms with Crippen LogP contribution in [0, 0.1) is 6.92 Å². The van der Waals surface area contributed by atoms with E-state index in [0.29, 0.717) is 5.56 Å². The predicted molar refractivity (Wildman–Crippen MR) is 95.3 cm³/mol. The lowest BCUT2D eigenvalue weighted by atomic mass is 10.1. The molecule has 1 amide bonds. The molecule has 1 atom stereocenters. The molecule has 0 saturated heterocycles. The van der Waals surface area contributed by atoms with Crippen molar-refractivity contribution in [1.82, 2.24) is 20.1 Å². The first-order valence-corrected chi connectivity index (χ1v) is 8.30. The third-order valence-electron chi connectivity index (χ3n) is 3.67. The fourth-order valence-corrected chi connectivity index (χ4v) is 2.37. The Morgan fingerprint density at radius 3 is 2.62 bits per heavy atom. The highest BCUT2D eigenvalue weighted by Crippen LogP contribution is 2.15. The lowest BCUT2D eigenvalue weighted by Crippen LogP contribution is -2.42.